The number of hydrogen-bond acceptors (Lipinski definition) is 2. The fraction of sp³-hybridized carbons (Fsp3) is 0.350. The average Bonchev–Trinajstić information content (AvgIpc) is 3.52. The summed E-state index contributed by atoms with van der Waals surface area (Å²) in [6.07, 6.45) is 2.29. The fourth-order valence-corrected chi connectivity index (χ4v) is 3.81. The first-order valence-electron chi connectivity index (χ1n) is 8.37. The molecule has 0 bridgehead atoms. The molecule has 1 heterocycles. The van der Waals surface area contributed by atoms with Crippen molar-refractivity contribution >= 4 is 5.91 Å². The van der Waals surface area contributed by atoms with Gasteiger partial charge in [0.1, 0.15) is 6.04 Å². The molecule has 1 saturated carbocycles. The van der Waals surface area contributed by atoms with E-state index in [1.165, 1.54) is 5.56 Å². The normalized spacial score (nSPS) is 24.9. The van der Waals surface area contributed by atoms with E-state index in [-0.39, 0.29) is 17.5 Å². The summed E-state index contributed by atoms with van der Waals surface area (Å²) in [6.45, 7) is 2.82. The van der Waals surface area contributed by atoms with E-state index in [1.54, 1.807) is 0 Å². The van der Waals surface area contributed by atoms with Gasteiger partial charge >= 0.3 is 0 Å². The fourth-order valence-electron chi connectivity index (χ4n) is 3.81. The van der Waals surface area contributed by atoms with Crippen molar-refractivity contribution in [2.45, 2.75) is 43.9 Å². The quantitative estimate of drug-likeness (QED) is 0.860. The average molecular weight is 306 g/mol. The minimum absolute atomic E-state index is 0.0430. The minimum atomic E-state index is 0.0430. The molecule has 1 saturated heterocycles. The zero-order valence-corrected chi connectivity index (χ0v) is 13.4. The Hall–Kier alpha value is -2.13. The first kappa shape index (κ1) is 14.5. The predicted molar refractivity (Wildman–Crippen MR) is 90.7 cm³/mol. The molecule has 0 radical (unpaired) electrons. The number of nitrogens with one attached hydrogen (secondary N) is 1. The smallest absolute Gasteiger partial charge is 0.239 e. The van der Waals surface area contributed by atoms with Crippen molar-refractivity contribution in [3.05, 3.63) is 71.8 Å². The molecule has 0 aromatic heterocycles. The van der Waals surface area contributed by atoms with Crippen molar-refractivity contribution in [1.29, 1.82) is 0 Å². The molecule has 2 fully saturated rings. The van der Waals surface area contributed by atoms with Crippen LogP contribution >= 0.6 is 0 Å². The second-order valence-corrected chi connectivity index (χ2v) is 6.70. The van der Waals surface area contributed by atoms with Gasteiger partial charge in [0.15, 0.2) is 0 Å². The monoisotopic (exact) mass is 306 g/mol. The Morgan fingerprint density at radius 3 is 2.35 bits per heavy atom. The Labute approximate surface area is 137 Å². The third kappa shape index (κ3) is 2.55. The van der Waals surface area contributed by atoms with Crippen LogP contribution in [-0.2, 0) is 11.3 Å². The van der Waals surface area contributed by atoms with Crippen molar-refractivity contribution in [1.82, 2.24) is 10.2 Å². The number of carbonyl (C=O) groups excluding carboxylic acids is 1. The number of rotatable bonds is 5. The SMILES string of the molecule is C[C@@H](c1ccccc1)N1C(C(=O)NCc2ccccc2)C12CC2. The third-order valence-electron chi connectivity index (χ3n) is 5.25. The zero-order chi connectivity index (χ0) is 15.9. The number of hydrogen-bond donors (Lipinski definition) is 1. The zero-order valence-electron chi connectivity index (χ0n) is 13.4. The number of carbonyl (C=O) groups is 1. The molecule has 2 aromatic carbocycles. The largest absolute Gasteiger partial charge is 0.351 e. The molecule has 4 rings (SSSR count). The second-order valence-electron chi connectivity index (χ2n) is 6.70. The molecule has 1 spiro atoms. The van der Waals surface area contributed by atoms with E-state index in [0.717, 1.165) is 18.4 Å². The Bertz CT molecular complexity index is 694. The van der Waals surface area contributed by atoms with Crippen LogP contribution in [0.4, 0.5) is 0 Å². The summed E-state index contributed by atoms with van der Waals surface area (Å²) < 4.78 is 0. The molecule has 2 aliphatic rings. The highest BCUT2D eigenvalue weighted by atomic mass is 16.2. The number of benzene rings is 2. The lowest BCUT2D eigenvalue weighted by Crippen LogP contribution is -2.30. The summed E-state index contributed by atoms with van der Waals surface area (Å²) in [7, 11) is 0. The molecular formula is C20H22N2O. The summed E-state index contributed by atoms with van der Waals surface area (Å²) in [6, 6.07) is 20.9. The highest BCUT2D eigenvalue weighted by Crippen LogP contribution is 2.63. The Kier molecular flexibility index (Phi) is 3.46. The maximum Gasteiger partial charge on any atom is 0.239 e. The molecule has 1 aliphatic heterocycles. The summed E-state index contributed by atoms with van der Waals surface area (Å²) in [5.74, 6) is 0.175. The van der Waals surface area contributed by atoms with Crippen LogP contribution in [-0.4, -0.2) is 22.4 Å². The van der Waals surface area contributed by atoms with Crippen LogP contribution < -0.4 is 5.32 Å². The van der Waals surface area contributed by atoms with Crippen LogP contribution in [0.5, 0.6) is 0 Å². The van der Waals surface area contributed by atoms with Crippen LogP contribution in [0.15, 0.2) is 60.7 Å². The van der Waals surface area contributed by atoms with Gasteiger partial charge in [-0.1, -0.05) is 60.7 Å². The number of nitrogens with zero attached hydrogens (tertiary/aromatic N) is 1. The van der Waals surface area contributed by atoms with E-state index in [0.29, 0.717) is 12.6 Å². The van der Waals surface area contributed by atoms with Crippen molar-refractivity contribution < 1.29 is 4.79 Å². The molecule has 3 nitrogen and oxygen atoms in total. The molecule has 1 amide bonds. The van der Waals surface area contributed by atoms with Gasteiger partial charge in [0.2, 0.25) is 5.91 Å². The van der Waals surface area contributed by atoms with Gasteiger partial charge in [-0.2, -0.15) is 0 Å². The lowest BCUT2D eigenvalue weighted by molar-refractivity contribution is -0.121. The summed E-state index contributed by atoms with van der Waals surface area (Å²) in [5, 5.41) is 3.11. The second kappa shape index (κ2) is 5.50. The maximum absolute atomic E-state index is 12.6. The van der Waals surface area contributed by atoms with E-state index in [1.807, 2.05) is 36.4 Å². The lowest BCUT2D eigenvalue weighted by Gasteiger charge is -2.15. The third-order valence-corrected chi connectivity index (χ3v) is 5.25. The number of amides is 1. The van der Waals surface area contributed by atoms with Crippen molar-refractivity contribution in [2.24, 2.45) is 0 Å². The molecule has 2 unspecified atom stereocenters. The predicted octanol–water partition coefficient (Wildman–Crippen LogP) is 3.28. The topological polar surface area (TPSA) is 32.1 Å². The van der Waals surface area contributed by atoms with Gasteiger partial charge in [-0.15, -0.1) is 0 Å². The first-order valence-corrected chi connectivity index (χ1v) is 8.37. The Morgan fingerprint density at radius 1 is 1.13 bits per heavy atom. The van der Waals surface area contributed by atoms with E-state index >= 15 is 0 Å². The summed E-state index contributed by atoms with van der Waals surface area (Å²) in [5.41, 5.74) is 2.59. The lowest BCUT2D eigenvalue weighted by atomic mass is 10.1. The van der Waals surface area contributed by atoms with E-state index in [4.69, 9.17) is 0 Å². The molecule has 1 aliphatic carbocycles. The highest BCUT2D eigenvalue weighted by molar-refractivity contribution is 5.88. The van der Waals surface area contributed by atoms with Crippen LogP contribution in [0.3, 0.4) is 0 Å². The molecule has 2 aromatic rings. The van der Waals surface area contributed by atoms with Crippen molar-refractivity contribution in [2.75, 3.05) is 0 Å². The first-order chi connectivity index (χ1) is 11.2. The van der Waals surface area contributed by atoms with Gasteiger partial charge in [-0.3, -0.25) is 9.69 Å². The maximum atomic E-state index is 12.6. The van der Waals surface area contributed by atoms with Crippen LogP contribution in [0.2, 0.25) is 0 Å². The Balaban J connectivity index is 1.42. The van der Waals surface area contributed by atoms with Gasteiger partial charge in [0.05, 0.1) is 0 Å². The summed E-state index contributed by atoms with van der Waals surface area (Å²) in [4.78, 5) is 15.0. The molecule has 23 heavy (non-hydrogen) atoms. The van der Waals surface area contributed by atoms with Crippen LogP contribution in [0.25, 0.3) is 0 Å². The van der Waals surface area contributed by atoms with Gasteiger partial charge in [0.25, 0.3) is 0 Å². The Morgan fingerprint density at radius 2 is 1.74 bits per heavy atom. The summed E-state index contributed by atoms with van der Waals surface area (Å²) >= 11 is 0. The van der Waals surface area contributed by atoms with Gasteiger partial charge in [0, 0.05) is 18.1 Å². The molecule has 3 atom stereocenters. The minimum Gasteiger partial charge on any atom is -0.351 e. The standard InChI is InChI=1S/C20H22N2O/c1-15(17-10-6-3-7-11-17)22-18(20(22)12-13-20)19(23)21-14-16-8-4-2-5-9-16/h2-11,15,18H,12-14H2,1H3,(H,21,23)/t15-,18?,22?/m0/s1. The van der Waals surface area contributed by atoms with Crippen molar-refractivity contribution in [3.63, 3.8) is 0 Å². The van der Waals surface area contributed by atoms with Crippen molar-refractivity contribution in [3.8, 4) is 0 Å². The molecule has 1 N–H and O–H groups in total. The van der Waals surface area contributed by atoms with Gasteiger partial charge < -0.3 is 5.32 Å². The van der Waals surface area contributed by atoms with Crippen LogP contribution in [0.1, 0.15) is 36.9 Å². The van der Waals surface area contributed by atoms with E-state index < -0.39 is 0 Å². The van der Waals surface area contributed by atoms with Crippen LogP contribution in [0, 0.1) is 0 Å². The molecule has 118 valence electrons. The van der Waals surface area contributed by atoms with E-state index in [9.17, 15) is 4.79 Å². The highest BCUT2D eigenvalue weighted by Gasteiger charge is 2.74. The van der Waals surface area contributed by atoms with E-state index in [2.05, 4.69) is 41.4 Å². The molecule has 3 heteroatoms. The molecular weight excluding hydrogens is 284 g/mol. The van der Waals surface area contributed by atoms with Gasteiger partial charge in [-0.25, -0.2) is 0 Å². The van der Waals surface area contributed by atoms with Gasteiger partial charge in [-0.05, 0) is 30.9 Å².